The van der Waals surface area contributed by atoms with Gasteiger partial charge in [-0.2, -0.15) is 0 Å². The maximum atomic E-state index is 12.8. The van der Waals surface area contributed by atoms with Crippen LogP contribution < -0.4 is 16.0 Å². The molecule has 0 bridgehead atoms. The molecule has 96 valence electrons. The van der Waals surface area contributed by atoms with E-state index < -0.39 is 11.9 Å². The normalized spacial score (nSPS) is 13.8. The van der Waals surface area contributed by atoms with Gasteiger partial charge in [0.25, 0.3) is 0 Å². The Hall–Kier alpha value is -2.11. The van der Waals surface area contributed by atoms with Crippen LogP contribution in [-0.4, -0.2) is 24.5 Å². The van der Waals surface area contributed by atoms with E-state index in [-0.39, 0.29) is 18.4 Å². The SMILES string of the molecule is O=C(CNc1cccc(F)c1)NC(=O)NC1CC1. The predicted molar refractivity (Wildman–Crippen MR) is 64.6 cm³/mol. The molecule has 0 atom stereocenters. The summed E-state index contributed by atoms with van der Waals surface area (Å²) in [6.07, 6.45) is 1.92. The topological polar surface area (TPSA) is 70.2 Å². The first-order valence-corrected chi connectivity index (χ1v) is 5.73. The summed E-state index contributed by atoms with van der Waals surface area (Å²) < 4.78 is 12.8. The van der Waals surface area contributed by atoms with E-state index in [9.17, 15) is 14.0 Å². The van der Waals surface area contributed by atoms with Crippen LogP contribution in [0.3, 0.4) is 0 Å². The number of carbonyl (C=O) groups excluding carboxylic acids is 2. The van der Waals surface area contributed by atoms with E-state index in [1.807, 2.05) is 0 Å². The van der Waals surface area contributed by atoms with Crippen molar-refractivity contribution in [1.82, 2.24) is 10.6 Å². The molecule has 6 heteroatoms. The molecule has 3 amide bonds. The maximum Gasteiger partial charge on any atom is 0.321 e. The third-order valence-corrected chi connectivity index (χ3v) is 2.44. The van der Waals surface area contributed by atoms with Crippen LogP contribution in [0.2, 0.25) is 0 Å². The maximum absolute atomic E-state index is 12.8. The van der Waals surface area contributed by atoms with Gasteiger partial charge in [0, 0.05) is 11.7 Å². The van der Waals surface area contributed by atoms with Gasteiger partial charge in [0.2, 0.25) is 5.91 Å². The van der Waals surface area contributed by atoms with Gasteiger partial charge in [-0.15, -0.1) is 0 Å². The molecule has 18 heavy (non-hydrogen) atoms. The van der Waals surface area contributed by atoms with Crippen molar-refractivity contribution in [3.63, 3.8) is 0 Å². The highest BCUT2D eigenvalue weighted by Gasteiger charge is 2.23. The lowest BCUT2D eigenvalue weighted by molar-refractivity contribution is -0.118. The first-order valence-electron chi connectivity index (χ1n) is 5.73. The predicted octanol–water partition coefficient (Wildman–Crippen LogP) is 1.23. The molecule has 0 heterocycles. The molecule has 0 spiro atoms. The zero-order valence-corrected chi connectivity index (χ0v) is 9.70. The molecule has 0 saturated heterocycles. The molecule has 5 nitrogen and oxygen atoms in total. The Labute approximate surface area is 104 Å². The number of rotatable bonds is 4. The summed E-state index contributed by atoms with van der Waals surface area (Å²) >= 11 is 0. The standard InChI is InChI=1S/C12H14FN3O2/c13-8-2-1-3-10(6-8)14-7-11(17)16-12(18)15-9-4-5-9/h1-3,6,9,14H,4-5,7H2,(H2,15,16,17,18). The van der Waals surface area contributed by atoms with E-state index in [0.29, 0.717) is 5.69 Å². The largest absolute Gasteiger partial charge is 0.376 e. The van der Waals surface area contributed by atoms with Crippen molar-refractivity contribution in [2.45, 2.75) is 18.9 Å². The van der Waals surface area contributed by atoms with Crippen molar-refractivity contribution in [3.05, 3.63) is 30.1 Å². The molecule has 1 fully saturated rings. The third kappa shape index (κ3) is 4.04. The van der Waals surface area contributed by atoms with E-state index in [1.165, 1.54) is 18.2 Å². The quantitative estimate of drug-likeness (QED) is 0.753. The molecule has 0 aromatic heterocycles. The molecule has 1 aliphatic rings. The molecule has 1 aliphatic carbocycles. The average Bonchev–Trinajstić information content (AvgIpc) is 3.10. The molecular formula is C12H14FN3O2. The second kappa shape index (κ2) is 5.48. The van der Waals surface area contributed by atoms with E-state index in [0.717, 1.165) is 12.8 Å². The highest BCUT2D eigenvalue weighted by Crippen LogP contribution is 2.18. The summed E-state index contributed by atoms with van der Waals surface area (Å²) in [5, 5.41) is 7.55. The molecule has 1 saturated carbocycles. The van der Waals surface area contributed by atoms with Gasteiger partial charge in [-0.3, -0.25) is 10.1 Å². The molecule has 0 radical (unpaired) electrons. The van der Waals surface area contributed by atoms with Crippen LogP contribution >= 0.6 is 0 Å². The molecule has 0 unspecified atom stereocenters. The monoisotopic (exact) mass is 251 g/mol. The van der Waals surface area contributed by atoms with Crippen LogP contribution in [0.15, 0.2) is 24.3 Å². The number of benzene rings is 1. The van der Waals surface area contributed by atoms with Crippen molar-refractivity contribution in [2.75, 3.05) is 11.9 Å². The number of nitrogens with one attached hydrogen (secondary N) is 3. The Bertz CT molecular complexity index is 460. The smallest absolute Gasteiger partial charge is 0.321 e. The van der Waals surface area contributed by atoms with Crippen LogP contribution in [0.4, 0.5) is 14.9 Å². The number of anilines is 1. The van der Waals surface area contributed by atoms with Crippen LogP contribution in [0, 0.1) is 5.82 Å². The van der Waals surface area contributed by atoms with Crippen LogP contribution in [-0.2, 0) is 4.79 Å². The van der Waals surface area contributed by atoms with Gasteiger partial charge in [-0.1, -0.05) is 6.07 Å². The van der Waals surface area contributed by atoms with Crippen molar-refractivity contribution >= 4 is 17.6 Å². The van der Waals surface area contributed by atoms with Gasteiger partial charge in [0.15, 0.2) is 0 Å². The van der Waals surface area contributed by atoms with Gasteiger partial charge >= 0.3 is 6.03 Å². The molecule has 3 N–H and O–H groups in total. The van der Waals surface area contributed by atoms with Crippen molar-refractivity contribution in [3.8, 4) is 0 Å². The number of hydrogen-bond donors (Lipinski definition) is 3. The zero-order chi connectivity index (χ0) is 13.0. The first-order chi connectivity index (χ1) is 8.63. The number of hydrogen-bond acceptors (Lipinski definition) is 3. The van der Waals surface area contributed by atoms with Crippen LogP contribution in [0.5, 0.6) is 0 Å². The Balaban J connectivity index is 1.72. The Morgan fingerprint density at radius 3 is 2.78 bits per heavy atom. The first kappa shape index (κ1) is 12.3. The lowest BCUT2D eigenvalue weighted by Crippen LogP contribution is -2.42. The van der Waals surface area contributed by atoms with Gasteiger partial charge in [0.1, 0.15) is 5.82 Å². The summed E-state index contributed by atoms with van der Waals surface area (Å²) in [7, 11) is 0. The minimum atomic E-state index is -0.483. The fourth-order valence-corrected chi connectivity index (χ4v) is 1.40. The highest BCUT2D eigenvalue weighted by atomic mass is 19.1. The summed E-state index contributed by atoms with van der Waals surface area (Å²) in [6, 6.07) is 5.49. The average molecular weight is 251 g/mol. The van der Waals surface area contributed by atoms with Crippen LogP contribution in [0.1, 0.15) is 12.8 Å². The van der Waals surface area contributed by atoms with Gasteiger partial charge in [0.05, 0.1) is 6.54 Å². The van der Waals surface area contributed by atoms with Crippen molar-refractivity contribution < 1.29 is 14.0 Å². The second-order valence-corrected chi connectivity index (χ2v) is 4.16. The fraction of sp³-hybridized carbons (Fsp3) is 0.333. The number of halogens is 1. The zero-order valence-electron chi connectivity index (χ0n) is 9.70. The molecular weight excluding hydrogens is 237 g/mol. The third-order valence-electron chi connectivity index (χ3n) is 2.44. The van der Waals surface area contributed by atoms with E-state index in [2.05, 4.69) is 16.0 Å². The minimum Gasteiger partial charge on any atom is -0.376 e. The van der Waals surface area contributed by atoms with Gasteiger partial charge in [-0.05, 0) is 31.0 Å². The van der Waals surface area contributed by atoms with E-state index in [4.69, 9.17) is 0 Å². The fourth-order valence-electron chi connectivity index (χ4n) is 1.40. The lowest BCUT2D eigenvalue weighted by atomic mass is 10.3. The Morgan fingerprint density at radius 2 is 2.11 bits per heavy atom. The highest BCUT2D eigenvalue weighted by molar-refractivity contribution is 5.96. The molecule has 2 rings (SSSR count). The number of urea groups is 1. The molecule has 1 aromatic carbocycles. The summed E-state index contributed by atoms with van der Waals surface area (Å²) in [4.78, 5) is 22.6. The lowest BCUT2D eigenvalue weighted by Gasteiger charge is -2.07. The molecule has 0 aliphatic heterocycles. The van der Waals surface area contributed by atoms with Crippen molar-refractivity contribution in [1.29, 1.82) is 0 Å². The summed E-state index contributed by atoms with van der Waals surface area (Å²) in [5.74, 6) is -0.843. The number of amides is 3. The second-order valence-electron chi connectivity index (χ2n) is 4.16. The Kier molecular flexibility index (Phi) is 3.76. The van der Waals surface area contributed by atoms with Gasteiger partial charge < -0.3 is 10.6 Å². The number of imide groups is 1. The van der Waals surface area contributed by atoms with E-state index in [1.54, 1.807) is 6.07 Å². The Morgan fingerprint density at radius 1 is 1.33 bits per heavy atom. The van der Waals surface area contributed by atoms with Crippen molar-refractivity contribution in [2.24, 2.45) is 0 Å². The minimum absolute atomic E-state index is 0.0818. The summed E-state index contributed by atoms with van der Waals surface area (Å²) in [6.45, 7) is -0.0818. The van der Waals surface area contributed by atoms with Gasteiger partial charge in [-0.25, -0.2) is 9.18 Å². The molecule has 1 aromatic rings. The summed E-state index contributed by atoms with van der Waals surface area (Å²) in [5.41, 5.74) is 0.493. The van der Waals surface area contributed by atoms with Crippen LogP contribution in [0.25, 0.3) is 0 Å². The van der Waals surface area contributed by atoms with E-state index >= 15 is 0 Å². The number of carbonyl (C=O) groups is 2.